The number of nitrogens with zero attached hydrogens (tertiary/aromatic N) is 2. The summed E-state index contributed by atoms with van der Waals surface area (Å²) < 4.78 is 125. The summed E-state index contributed by atoms with van der Waals surface area (Å²) in [6.07, 6.45) is 0. The molecule has 0 amide bonds. The maximum atomic E-state index is 13.1. The SMILES string of the molecule is Cc1nn(-c2c(Cl)cc(S(=O)(=O)C(F)(F)F)cc2Cl)c(NCC(=O)O)c1S(=O)(=O)C(F)(F)F. The predicted molar refractivity (Wildman–Crippen MR) is 101 cm³/mol. The Morgan fingerprint density at radius 1 is 1.03 bits per heavy atom. The Balaban J connectivity index is 2.88. The lowest BCUT2D eigenvalue weighted by Gasteiger charge is -2.16. The molecule has 33 heavy (non-hydrogen) atoms. The van der Waals surface area contributed by atoms with Crippen molar-refractivity contribution in [3.63, 3.8) is 0 Å². The van der Waals surface area contributed by atoms with Crippen LogP contribution in [0.5, 0.6) is 0 Å². The second-order valence-corrected chi connectivity index (χ2v) is 10.7. The molecule has 19 heteroatoms. The molecule has 0 radical (unpaired) electrons. The molecule has 1 aromatic carbocycles. The maximum absolute atomic E-state index is 13.1. The average molecular weight is 564 g/mol. The first kappa shape index (κ1) is 27.0. The van der Waals surface area contributed by atoms with Crippen LogP contribution in [0.4, 0.5) is 32.2 Å². The number of rotatable bonds is 6. The minimum absolute atomic E-state index is 0.265. The molecule has 9 nitrogen and oxygen atoms in total. The Morgan fingerprint density at radius 2 is 1.48 bits per heavy atom. The number of sulfone groups is 2. The molecular weight excluding hydrogens is 555 g/mol. The number of carboxylic acid groups (broad SMARTS) is 1. The summed E-state index contributed by atoms with van der Waals surface area (Å²) in [5.74, 6) is -2.72. The predicted octanol–water partition coefficient (Wildman–Crippen LogP) is 3.57. The van der Waals surface area contributed by atoms with Gasteiger partial charge in [0.15, 0.2) is 0 Å². The fourth-order valence-corrected chi connectivity index (χ4v) is 5.12. The summed E-state index contributed by atoms with van der Waals surface area (Å²) in [5.41, 5.74) is -13.1. The zero-order valence-corrected chi connectivity index (χ0v) is 18.7. The number of hydrogen-bond acceptors (Lipinski definition) is 7. The number of hydrogen-bond donors (Lipinski definition) is 2. The standard InChI is InChI=1S/C14H9Cl2F6N3O6S2/c1-5-11(33(30,31)14(20,21)22)12(23-4-9(26)27)25(24-5)10-7(15)2-6(3-8(10)16)32(28,29)13(17,18)19/h2-3,23H,4H2,1H3,(H,26,27). The molecule has 0 bridgehead atoms. The first-order valence-corrected chi connectivity index (χ1v) is 11.6. The first-order chi connectivity index (χ1) is 14.7. The Hall–Kier alpha value is -2.24. The van der Waals surface area contributed by atoms with Gasteiger partial charge in [-0.3, -0.25) is 4.79 Å². The van der Waals surface area contributed by atoms with Gasteiger partial charge in [0.2, 0.25) is 0 Å². The minimum Gasteiger partial charge on any atom is -0.480 e. The molecule has 0 aliphatic heterocycles. The fourth-order valence-electron chi connectivity index (χ4n) is 2.46. The van der Waals surface area contributed by atoms with Gasteiger partial charge in [-0.2, -0.15) is 31.4 Å². The van der Waals surface area contributed by atoms with Crippen molar-refractivity contribution in [3.8, 4) is 5.69 Å². The number of alkyl halides is 6. The van der Waals surface area contributed by atoms with Crippen molar-refractivity contribution in [3.05, 3.63) is 27.9 Å². The third-order valence-electron chi connectivity index (χ3n) is 3.80. The van der Waals surface area contributed by atoms with Crippen molar-refractivity contribution < 1.29 is 53.1 Å². The first-order valence-electron chi connectivity index (χ1n) is 7.91. The number of anilines is 1. The second kappa shape index (κ2) is 8.52. The van der Waals surface area contributed by atoms with Gasteiger partial charge >= 0.3 is 17.0 Å². The summed E-state index contributed by atoms with van der Waals surface area (Å²) in [6, 6.07) is 0.531. The zero-order valence-electron chi connectivity index (χ0n) is 15.6. The number of benzene rings is 1. The molecule has 0 spiro atoms. The highest BCUT2D eigenvalue weighted by Crippen LogP contribution is 2.41. The van der Waals surface area contributed by atoms with Crippen molar-refractivity contribution in [1.82, 2.24) is 9.78 Å². The van der Waals surface area contributed by atoms with Crippen LogP contribution in [0.15, 0.2) is 21.9 Å². The van der Waals surface area contributed by atoms with Crippen molar-refractivity contribution in [2.45, 2.75) is 27.7 Å². The number of aromatic nitrogens is 2. The zero-order chi connectivity index (χ0) is 25.7. The van der Waals surface area contributed by atoms with Crippen LogP contribution in [-0.4, -0.2) is 55.3 Å². The molecule has 0 aliphatic rings. The molecule has 2 N–H and O–H groups in total. The third-order valence-corrected chi connectivity index (χ3v) is 7.48. The smallest absolute Gasteiger partial charge is 0.480 e. The number of carbonyl (C=O) groups is 1. The van der Waals surface area contributed by atoms with E-state index in [1.54, 1.807) is 0 Å². The molecule has 0 saturated heterocycles. The molecule has 1 heterocycles. The lowest BCUT2D eigenvalue weighted by molar-refractivity contribution is -0.134. The third kappa shape index (κ3) is 4.85. The lowest BCUT2D eigenvalue weighted by Crippen LogP contribution is -2.25. The van der Waals surface area contributed by atoms with Gasteiger partial charge < -0.3 is 10.4 Å². The Kier molecular flexibility index (Phi) is 6.97. The van der Waals surface area contributed by atoms with Crippen molar-refractivity contribution in [1.29, 1.82) is 0 Å². The van der Waals surface area contributed by atoms with Crippen molar-refractivity contribution in [2.24, 2.45) is 0 Å². The van der Waals surface area contributed by atoms with Gasteiger partial charge in [-0.05, 0) is 19.1 Å². The molecule has 0 aliphatic carbocycles. The van der Waals surface area contributed by atoms with Crippen molar-refractivity contribution in [2.75, 3.05) is 11.9 Å². The second-order valence-electron chi connectivity index (χ2n) is 6.06. The van der Waals surface area contributed by atoms with Crippen LogP contribution in [-0.2, 0) is 24.5 Å². The monoisotopic (exact) mass is 563 g/mol. The Bertz CT molecular complexity index is 1310. The highest BCUT2D eigenvalue weighted by atomic mass is 35.5. The average Bonchev–Trinajstić information content (AvgIpc) is 2.93. The van der Waals surface area contributed by atoms with E-state index in [-0.39, 0.29) is 12.1 Å². The molecule has 2 aromatic rings. The lowest BCUT2D eigenvalue weighted by atomic mass is 10.3. The van der Waals surface area contributed by atoms with Crippen LogP contribution in [0.25, 0.3) is 5.69 Å². The van der Waals surface area contributed by atoms with Gasteiger partial charge in [0.1, 0.15) is 22.9 Å². The van der Waals surface area contributed by atoms with Gasteiger partial charge in [0.05, 0.1) is 20.6 Å². The van der Waals surface area contributed by atoms with E-state index in [1.165, 1.54) is 0 Å². The number of halogens is 8. The minimum atomic E-state index is -6.12. The molecule has 184 valence electrons. The molecule has 0 fully saturated rings. The largest absolute Gasteiger partial charge is 0.502 e. The summed E-state index contributed by atoms with van der Waals surface area (Å²) in [4.78, 5) is 7.96. The van der Waals surface area contributed by atoms with Crippen LogP contribution in [0.3, 0.4) is 0 Å². The van der Waals surface area contributed by atoms with Crippen LogP contribution < -0.4 is 5.32 Å². The summed E-state index contributed by atoms with van der Waals surface area (Å²) in [6.45, 7) is -0.313. The highest BCUT2D eigenvalue weighted by molar-refractivity contribution is 7.92. The topological polar surface area (TPSA) is 135 Å². The van der Waals surface area contributed by atoms with Gasteiger partial charge in [-0.1, -0.05) is 23.2 Å². The Morgan fingerprint density at radius 3 is 1.88 bits per heavy atom. The quantitative estimate of drug-likeness (QED) is 0.509. The van der Waals surface area contributed by atoms with E-state index in [1.807, 2.05) is 5.32 Å². The molecule has 0 saturated carbocycles. The number of nitrogens with one attached hydrogen (secondary N) is 1. The van der Waals surface area contributed by atoms with Gasteiger partial charge in [-0.15, -0.1) is 0 Å². The summed E-state index contributed by atoms with van der Waals surface area (Å²) in [7, 11) is -12.1. The Labute approximate surface area is 190 Å². The molecular formula is C14H9Cl2F6N3O6S2. The fraction of sp³-hybridized carbons (Fsp3) is 0.286. The number of aliphatic carboxylic acids is 1. The van der Waals surface area contributed by atoms with E-state index in [9.17, 15) is 48.0 Å². The van der Waals surface area contributed by atoms with Crippen molar-refractivity contribution >= 4 is 54.7 Å². The molecule has 2 rings (SSSR count). The van der Waals surface area contributed by atoms with E-state index in [0.717, 1.165) is 6.92 Å². The van der Waals surface area contributed by atoms with E-state index in [2.05, 4.69) is 5.10 Å². The maximum Gasteiger partial charge on any atom is 0.502 e. The van der Waals surface area contributed by atoms with E-state index in [0.29, 0.717) is 4.68 Å². The summed E-state index contributed by atoms with van der Waals surface area (Å²) in [5, 5.41) is 12.5. The van der Waals surface area contributed by atoms with Gasteiger partial charge in [-0.25, -0.2) is 21.5 Å². The number of aryl methyl sites for hydroxylation is 1. The van der Waals surface area contributed by atoms with Crippen LogP contribution in [0.1, 0.15) is 5.69 Å². The summed E-state index contributed by atoms with van der Waals surface area (Å²) >= 11 is 11.7. The van der Waals surface area contributed by atoms with Gasteiger partial charge in [0, 0.05) is 0 Å². The van der Waals surface area contributed by atoms with E-state index in [4.69, 9.17) is 28.3 Å². The molecule has 1 aromatic heterocycles. The normalized spacial score (nSPS) is 13.2. The molecule has 0 atom stereocenters. The van der Waals surface area contributed by atoms with Crippen LogP contribution in [0, 0.1) is 6.92 Å². The highest BCUT2D eigenvalue weighted by Gasteiger charge is 2.51. The molecule has 0 unspecified atom stereocenters. The number of carboxylic acids is 1. The van der Waals surface area contributed by atoms with E-state index < -0.39 is 80.2 Å². The van der Waals surface area contributed by atoms with Crippen LogP contribution in [0.2, 0.25) is 10.0 Å². The van der Waals surface area contributed by atoms with Gasteiger partial charge in [0.25, 0.3) is 19.7 Å². The van der Waals surface area contributed by atoms with E-state index >= 15 is 0 Å². The van der Waals surface area contributed by atoms with Crippen LogP contribution >= 0.6 is 23.2 Å².